The summed E-state index contributed by atoms with van der Waals surface area (Å²) >= 11 is 5.88. The van der Waals surface area contributed by atoms with Crippen molar-refractivity contribution in [1.29, 1.82) is 0 Å². The molecule has 4 N–H and O–H groups in total. The van der Waals surface area contributed by atoms with Gasteiger partial charge in [-0.25, -0.2) is 9.78 Å². The van der Waals surface area contributed by atoms with Gasteiger partial charge in [-0.1, -0.05) is 17.7 Å². The number of rotatable bonds is 6. The van der Waals surface area contributed by atoms with E-state index in [4.69, 9.17) is 22.1 Å². The third-order valence-corrected chi connectivity index (χ3v) is 3.95. The number of nitrogens with one attached hydrogen (secondary N) is 2. The summed E-state index contributed by atoms with van der Waals surface area (Å²) in [5.74, 6) is -0.259. The van der Waals surface area contributed by atoms with E-state index >= 15 is 0 Å². The van der Waals surface area contributed by atoms with Crippen LogP contribution in [0.5, 0.6) is 11.6 Å². The number of nitrogens with two attached hydrogens (primary N) is 1. The van der Waals surface area contributed by atoms with E-state index in [1.54, 1.807) is 42.5 Å². The lowest BCUT2D eigenvalue weighted by molar-refractivity contribution is 0.0600. The maximum atomic E-state index is 12.2. The van der Waals surface area contributed by atoms with E-state index in [1.807, 2.05) is 0 Å². The molecule has 0 bridgehead atoms. The molecule has 0 atom stereocenters. The molecule has 0 aliphatic carbocycles. The summed E-state index contributed by atoms with van der Waals surface area (Å²) in [5, 5.41) is 0.438. The number of amides is 1. The predicted octanol–water partition coefficient (Wildman–Crippen LogP) is 3.05. The lowest BCUT2D eigenvalue weighted by Gasteiger charge is -2.12. The number of esters is 1. The van der Waals surface area contributed by atoms with Crippen molar-refractivity contribution in [3.05, 3.63) is 71.0 Å². The van der Waals surface area contributed by atoms with Crippen LogP contribution in [0, 0.1) is 0 Å². The number of halogens is 1. The number of nitrogens with zero attached hydrogens (tertiary/aromatic N) is 2. The number of anilines is 2. The zero-order valence-electron chi connectivity index (χ0n) is 15.2. The van der Waals surface area contributed by atoms with Crippen LogP contribution in [0.4, 0.5) is 11.5 Å². The highest BCUT2D eigenvalue weighted by atomic mass is 35.5. The zero-order valence-corrected chi connectivity index (χ0v) is 15.9. The van der Waals surface area contributed by atoms with Crippen LogP contribution in [0.3, 0.4) is 0 Å². The molecule has 1 heterocycles. The van der Waals surface area contributed by atoms with Gasteiger partial charge in [0.15, 0.2) is 5.82 Å². The molecule has 0 spiro atoms. The zero-order chi connectivity index (χ0) is 20.8. The highest BCUT2D eigenvalue weighted by Crippen LogP contribution is 2.29. The number of aromatic nitrogens is 2. The topological polar surface area (TPSA) is 128 Å². The number of benzene rings is 2. The molecular weight excluding hydrogens is 398 g/mol. The molecule has 0 aliphatic rings. The Morgan fingerprint density at radius 3 is 2.52 bits per heavy atom. The molecule has 0 fully saturated rings. The Labute approximate surface area is 170 Å². The molecule has 1 amide bonds. The Bertz CT molecular complexity index is 1040. The first-order chi connectivity index (χ1) is 14.0. The van der Waals surface area contributed by atoms with Gasteiger partial charge in [0.25, 0.3) is 5.91 Å². The third-order valence-electron chi connectivity index (χ3n) is 3.72. The van der Waals surface area contributed by atoms with Gasteiger partial charge in [0, 0.05) is 10.6 Å². The van der Waals surface area contributed by atoms with E-state index in [2.05, 4.69) is 25.6 Å². The fourth-order valence-electron chi connectivity index (χ4n) is 2.27. The smallest absolute Gasteiger partial charge is 0.337 e. The lowest BCUT2D eigenvalue weighted by Crippen LogP contribution is -2.30. The predicted molar refractivity (Wildman–Crippen MR) is 107 cm³/mol. The van der Waals surface area contributed by atoms with Gasteiger partial charge >= 0.3 is 5.97 Å². The van der Waals surface area contributed by atoms with Crippen molar-refractivity contribution in [3.8, 4) is 11.6 Å². The largest absolute Gasteiger partial charge is 0.465 e. The molecular formula is C19H16ClN5O4. The van der Waals surface area contributed by atoms with Gasteiger partial charge in [-0.05, 0) is 42.5 Å². The second-order valence-electron chi connectivity index (χ2n) is 5.65. The Balaban J connectivity index is 1.69. The van der Waals surface area contributed by atoms with Crippen molar-refractivity contribution < 1.29 is 19.1 Å². The minimum atomic E-state index is -0.458. The second-order valence-corrected chi connectivity index (χ2v) is 6.09. The molecule has 29 heavy (non-hydrogen) atoms. The van der Waals surface area contributed by atoms with Gasteiger partial charge < -0.3 is 15.2 Å². The fourth-order valence-corrected chi connectivity index (χ4v) is 2.46. The van der Waals surface area contributed by atoms with Crippen LogP contribution in [0.2, 0.25) is 5.02 Å². The minimum absolute atomic E-state index is 0.0744. The monoisotopic (exact) mass is 413 g/mol. The summed E-state index contributed by atoms with van der Waals surface area (Å²) in [4.78, 5) is 31.6. The summed E-state index contributed by atoms with van der Waals surface area (Å²) in [6.45, 7) is 0. The molecule has 3 rings (SSSR count). The number of methoxy groups -OCH3 is 1. The van der Waals surface area contributed by atoms with Gasteiger partial charge in [-0.3, -0.25) is 15.6 Å². The van der Waals surface area contributed by atoms with E-state index in [0.29, 0.717) is 21.9 Å². The normalized spacial score (nSPS) is 10.1. The number of hydrogen-bond acceptors (Lipinski definition) is 8. The van der Waals surface area contributed by atoms with Crippen LogP contribution in [-0.2, 0) is 4.74 Å². The van der Waals surface area contributed by atoms with Crippen molar-refractivity contribution in [2.24, 2.45) is 0 Å². The van der Waals surface area contributed by atoms with E-state index in [9.17, 15) is 9.59 Å². The van der Waals surface area contributed by atoms with Gasteiger partial charge in [-0.15, -0.1) is 0 Å². The van der Waals surface area contributed by atoms with Gasteiger partial charge in [0.2, 0.25) is 5.88 Å². The Kier molecular flexibility index (Phi) is 6.10. The highest BCUT2D eigenvalue weighted by Gasteiger charge is 2.13. The summed E-state index contributed by atoms with van der Waals surface area (Å²) in [5.41, 5.74) is 11.9. The van der Waals surface area contributed by atoms with Crippen LogP contribution in [0.25, 0.3) is 0 Å². The van der Waals surface area contributed by atoms with Crippen molar-refractivity contribution in [2.45, 2.75) is 0 Å². The van der Waals surface area contributed by atoms with Gasteiger partial charge in [0.05, 0.1) is 12.7 Å². The maximum absolute atomic E-state index is 12.2. The summed E-state index contributed by atoms with van der Waals surface area (Å²) in [6.07, 6.45) is 1.22. The molecule has 0 radical (unpaired) electrons. The molecule has 9 nitrogen and oxygen atoms in total. The lowest BCUT2D eigenvalue weighted by atomic mass is 10.2. The van der Waals surface area contributed by atoms with Crippen LogP contribution >= 0.6 is 11.6 Å². The second kappa shape index (κ2) is 8.89. The van der Waals surface area contributed by atoms with E-state index in [1.165, 1.54) is 19.5 Å². The average Bonchev–Trinajstić information content (AvgIpc) is 2.74. The molecule has 3 aromatic rings. The molecule has 0 saturated heterocycles. The summed E-state index contributed by atoms with van der Waals surface area (Å²) < 4.78 is 10.3. The molecule has 0 aliphatic heterocycles. The maximum Gasteiger partial charge on any atom is 0.337 e. The first-order valence-electron chi connectivity index (χ1n) is 8.26. The van der Waals surface area contributed by atoms with Crippen molar-refractivity contribution in [1.82, 2.24) is 15.4 Å². The van der Waals surface area contributed by atoms with E-state index in [-0.39, 0.29) is 17.4 Å². The van der Waals surface area contributed by atoms with Gasteiger partial charge in [-0.2, -0.15) is 4.98 Å². The molecule has 1 aromatic heterocycles. The number of carbonyl (C=O) groups excluding carboxylic acids is 2. The Morgan fingerprint density at radius 1 is 1.07 bits per heavy atom. The Morgan fingerprint density at radius 2 is 1.83 bits per heavy atom. The van der Waals surface area contributed by atoms with Gasteiger partial charge in [0.1, 0.15) is 17.8 Å². The van der Waals surface area contributed by atoms with Crippen LogP contribution < -0.4 is 21.3 Å². The van der Waals surface area contributed by atoms with E-state index < -0.39 is 11.9 Å². The Hall–Kier alpha value is -3.85. The van der Waals surface area contributed by atoms with Crippen LogP contribution in [-0.4, -0.2) is 29.0 Å². The average molecular weight is 414 g/mol. The highest BCUT2D eigenvalue weighted by molar-refractivity contribution is 6.30. The number of ether oxygens (including phenoxy) is 2. The molecule has 0 unspecified atom stereocenters. The minimum Gasteiger partial charge on any atom is -0.465 e. The fraction of sp³-hybridized carbons (Fsp3) is 0.0526. The van der Waals surface area contributed by atoms with Crippen LogP contribution in [0.1, 0.15) is 20.7 Å². The van der Waals surface area contributed by atoms with Crippen LogP contribution in [0.15, 0.2) is 54.9 Å². The number of nitrogen functional groups attached to an aromatic ring is 1. The standard InChI is InChI=1S/C19H16ClN5O4/c1-28-19(27)11-5-7-14(8-6-11)29-18-15(21)16(22-10-23-18)24-25-17(26)12-3-2-4-13(20)9-12/h2-10H,21H2,1H3,(H,25,26)(H,22,23,24). The number of hydrazine groups is 1. The summed E-state index contributed by atoms with van der Waals surface area (Å²) in [7, 11) is 1.30. The van der Waals surface area contributed by atoms with Crippen molar-refractivity contribution in [2.75, 3.05) is 18.3 Å². The van der Waals surface area contributed by atoms with Crippen molar-refractivity contribution in [3.63, 3.8) is 0 Å². The summed E-state index contributed by atoms with van der Waals surface area (Å²) in [6, 6.07) is 12.7. The molecule has 0 saturated carbocycles. The van der Waals surface area contributed by atoms with E-state index in [0.717, 1.165) is 0 Å². The SMILES string of the molecule is COC(=O)c1ccc(Oc2ncnc(NNC(=O)c3cccc(Cl)c3)c2N)cc1. The molecule has 10 heteroatoms. The molecule has 148 valence electrons. The molecule has 2 aromatic carbocycles. The quantitative estimate of drug-likeness (QED) is 0.415. The third kappa shape index (κ3) is 4.90. The first kappa shape index (κ1) is 19.9. The number of carbonyl (C=O) groups is 2. The van der Waals surface area contributed by atoms with Crippen molar-refractivity contribution >= 4 is 35.0 Å². The number of hydrogen-bond donors (Lipinski definition) is 3. The first-order valence-corrected chi connectivity index (χ1v) is 8.64.